The molecule has 132 valence electrons. The van der Waals surface area contributed by atoms with Gasteiger partial charge in [0.2, 0.25) is 5.91 Å². The van der Waals surface area contributed by atoms with Crippen molar-refractivity contribution in [1.82, 2.24) is 14.8 Å². The van der Waals surface area contributed by atoms with E-state index < -0.39 is 5.41 Å². The van der Waals surface area contributed by atoms with Crippen molar-refractivity contribution in [3.63, 3.8) is 0 Å². The van der Waals surface area contributed by atoms with Crippen LogP contribution >= 0.6 is 0 Å². The second-order valence-corrected chi connectivity index (χ2v) is 6.64. The summed E-state index contributed by atoms with van der Waals surface area (Å²) in [7, 11) is 0. The van der Waals surface area contributed by atoms with Crippen molar-refractivity contribution < 1.29 is 9.18 Å². The lowest BCUT2D eigenvalue weighted by Crippen LogP contribution is -2.38. The maximum Gasteiger partial charge on any atom is 0.235 e. The van der Waals surface area contributed by atoms with E-state index in [4.69, 9.17) is 0 Å². The molecule has 1 aliphatic rings. The lowest BCUT2D eigenvalue weighted by molar-refractivity contribution is -0.121. The minimum Gasteiger partial charge on any atom is -0.325 e. The monoisotopic (exact) mass is 350 g/mol. The Kier molecular flexibility index (Phi) is 4.24. The number of amides is 1. The summed E-state index contributed by atoms with van der Waals surface area (Å²) in [6.07, 6.45) is 6.49. The van der Waals surface area contributed by atoms with Crippen LogP contribution in [0, 0.1) is 5.82 Å². The minimum atomic E-state index is -0.660. The molecule has 2 aromatic carbocycles. The summed E-state index contributed by atoms with van der Waals surface area (Å²) in [5.74, 6) is -0.382. The highest BCUT2D eigenvalue weighted by Gasteiger charge is 2.42. The van der Waals surface area contributed by atoms with E-state index in [1.165, 1.54) is 18.5 Å². The average Bonchev–Trinajstić information content (AvgIpc) is 3.35. The van der Waals surface area contributed by atoms with Crippen LogP contribution in [0.25, 0.3) is 5.69 Å². The number of hydrogen-bond donors (Lipinski definition) is 1. The van der Waals surface area contributed by atoms with Crippen molar-refractivity contribution in [3.8, 4) is 5.69 Å². The van der Waals surface area contributed by atoms with Crippen molar-refractivity contribution in [1.29, 1.82) is 0 Å². The van der Waals surface area contributed by atoms with Crippen LogP contribution in [-0.4, -0.2) is 20.7 Å². The van der Waals surface area contributed by atoms with Gasteiger partial charge in [-0.05, 0) is 54.8 Å². The van der Waals surface area contributed by atoms with E-state index >= 15 is 0 Å². The van der Waals surface area contributed by atoms with Gasteiger partial charge in [-0.2, -0.15) is 5.10 Å². The number of nitrogens with zero attached hydrogens (tertiary/aromatic N) is 3. The van der Waals surface area contributed by atoms with Gasteiger partial charge in [-0.1, -0.05) is 25.0 Å². The Labute approximate surface area is 150 Å². The summed E-state index contributed by atoms with van der Waals surface area (Å²) >= 11 is 0. The van der Waals surface area contributed by atoms with Crippen LogP contribution in [0.15, 0.2) is 61.2 Å². The zero-order valence-electron chi connectivity index (χ0n) is 14.2. The topological polar surface area (TPSA) is 59.8 Å². The van der Waals surface area contributed by atoms with Gasteiger partial charge in [0.15, 0.2) is 0 Å². The molecular weight excluding hydrogens is 331 g/mol. The number of nitrogens with one attached hydrogen (secondary N) is 1. The molecule has 1 amide bonds. The Morgan fingerprint density at radius 3 is 2.54 bits per heavy atom. The van der Waals surface area contributed by atoms with Crippen LogP contribution in [-0.2, 0) is 10.2 Å². The quantitative estimate of drug-likeness (QED) is 0.777. The second-order valence-electron chi connectivity index (χ2n) is 6.64. The SMILES string of the molecule is O=C(Nc1ccc(-n2cncn2)cc1)C1(c2cccc(F)c2)CCCC1. The van der Waals surface area contributed by atoms with E-state index in [0.29, 0.717) is 5.69 Å². The molecule has 0 radical (unpaired) electrons. The average molecular weight is 350 g/mol. The van der Waals surface area contributed by atoms with Crippen LogP contribution in [0.5, 0.6) is 0 Å². The minimum absolute atomic E-state index is 0.0749. The first-order valence-corrected chi connectivity index (χ1v) is 8.70. The molecule has 1 N–H and O–H groups in total. The molecule has 6 heteroatoms. The van der Waals surface area contributed by atoms with Gasteiger partial charge in [-0.25, -0.2) is 14.1 Å². The van der Waals surface area contributed by atoms with E-state index in [-0.39, 0.29) is 11.7 Å². The summed E-state index contributed by atoms with van der Waals surface area (Å²) in [6, 6.07) is 13.8. The van der Waals surface area contributed by atoms with Crippen LogP contribution < -0.4 is 5.32 Å². The summed E-state index contributed by atoms with van der Waals surface area (Å²) in [5.41, 5.74) is 1.67. The fourth-order valence-corrected chi connectivity index (χ4v) is 3.70. The highest BCUT2D eigenvalue weighted by atomic mass is 19.1. The molecular formula is C20H19FN4O. The Hall–Kier alpha value is -3.02. The second kappa shape index (κ2) is 6.71. The molecule has 1 saturated carbocycles. The number of aromatic nitrogens is 3. The smallest absolute Gasteiger partial charge is 0.235 e. The number of carbonyl (C=O) groups excluding carboxylic acids is 1. The third-order valence-corrected chi connectivity index (χ3v) is 5.08. The van der Waals surface area contributed by atoms with E-state index in [0.717, 1.165) is 36.9 Å². The molecule has 1 aromatic heterocycles. The van der Waals surface area contributed by atoms with Gasteiger partial charge in [-0.3, -0.25) is 4.79 Å². The van der Waals surface area contributed by atoms with Crippen molar-refractivity contribution in [2.75, 3.05) is 5.32 Å². The standard InChI is InChI=1S/C20H19FN4O/c21-16-5-3-4-15(12-16)20(10-1-2-11-20)19(26)24-17-6-8-18(9-7-17)25-14-22-13-23-25/h3-9,12-14H,1-2,10-11H2,(H,24,26). The summed E-state index contributed by atoms with van der Waals surface area (Å²) in [6.45, 7) is 0. The Bertz CT molecular complexity index is 900. The first kappa shape index (κ1) is 16.4. The third kappa shape index (κ3) is 2.98. The summed E-state index contributed by atoms with van der Waals surface area (Å²) < 4.78 is 15.4. The number of carbonyl (C=O) groups is 1. The van der Waals surface area contributed by atoms with Crippen LogP contribution in [0.3, 0.4) is 0 Å². The van der Waals surface area contributed by atoms with Crippen molar-refractivity contribution in [3.05, 3.63) is 72.6 Å². The molecule has 0 aliphatic heterocycles. The summed E-state index contributed by atoms with van der Waals surface area (Å²) in [5, 5.41) is 7.09. The van der Waals surface area contributed by atoms with Gasteiger partial charge in [0, 0.05) is 5.69 Å². The van der Waals surface area contributed by atoms with E-state index in [9.17, 15) is 9.18 Å². The van der Waals surface area contributed by atoms with Crippen molar-refractivity contribution in [2.45, 2.75) is 31.1 Å². The van der Waals surface area contributed by atoms with E-state index in [2.05, 4.69) is 15.4 Å². The Balaban J connectivity index is 1.57. The number of anilines is 1. The maximum absolute atomic E-state index is 13.7. The van der Waals surface area contributed by atoms with E-state index in [1.807, 2.05) is 30.3 Å². The fourth-order valence-electron chi connectivity index (χ4n) is 3.70. The van der Waals surface area contributed by atoms with Gasteiger partial charge in [0.25, 0.3) is 0 Å². The molecule has 0 unspecified atom stereocenters. The Morgan fingerprint density at radius 2 is 1.88 bits per heavy atom. The number of hydrogen-bond acceptors (Lipinski definition) is 3. The molecule has 0 bridgehead atoms. The molecule has 5 nitrogen and oxygen atoms in total. The third-order valence-electron chi connectivity index (χ3n) is 5.08. The highest BCUT2D eigenvalue weighted by molar-refractivity contribution is 5.99. The summed E-state index contributed by atoms with van der Waals surface area (Å²) in [4.78, 5) is 17.0. The molecule has 3 aromatic rings. The molecule has 1 aliphatic carbocycles. The van der Waals surface area contributed by atoms with Crippen LogP contribution in [0.1, 0.15) is 31.2 Å². The fraction of sp³-hybridized carbons (Fsp3) is 0.250. The Morgan fingerprint density at radius 1 is 1.12 bits per heavy atom. The normalized spacial score (nSPS) is 15.7. The molecule has 1 heterocycles. The lowest BCUT2D eigenvalue weighted by Gasteiger charge is -2.28. The largest absolute Gasteiger partial charge is 0.325 e. The highest BCUT2D eigenvalue weighted by Crippen LogP contribution is 2.42. The molecule has 1 fully saturated rings. The van der Waals surface area contributed by atoms with Gasteiger partial charge in [-0.15, -0.1) is 0 Å². The first-order valence-electron chi connectivity index (χ1n) is 8.70. The molecule has 4 rings (SSSR count). The molecule has 26 heavy (non-hydrogen) atoms. The predicted molar refractivity (Wildman–Crippen MR) is 96.5 cm³/mol. The van der Waals surface area contributed by atoms with Gasteiger partial charge < -0.3 is 5.32 Å². The van der Waals surface area contributed by atoms with E-state index in [1.54, 1.807) is 17.1 Å². The maximum atomic E-state index is 13.7. The van der Waals surface area contributed by atoms with Crippen molar-refractivity contribution >= 4 is 11.6 Å². The zero-order chi connectivity index (χ0) is 18.0. The lowest BCUT2D eigenvalue weighted by atomic mass is 9.78. The van der Waals surface area contributed by atoms with Crippen LogP contribution in [0.2, 0.25) is 0 Å². The van der Waals surface area contributed by atoms with Gasteiger partial charge in [0.05, 0.1) is 11.1 Å². The van der Waals surface area contributed by atoms with Crippen LogP contribution in [0.4, 0.5) is 10.1 Å². The molecule has 0 atom stereocenters. The van der Waals surface area contributed by atoms with Gasteiger partial charge >= 0.3 is 0 Å². The number of rotatable bonds is 4. The zero-order valence-corrected chi connectivity index (χ0v) is 14.2. The number of halogens is 1. The first-order chi connectivity index (χ1) is 12.7. The van der Waals surface area contributed by atoms with Crippen molar-refractivity contribution in [2.24, 2.45) is 0 Å². The predicted octanol–water partition coefficient (Wildman–Crippen LogP) is 3.86. The van der Waals surface area contributed by atoms with Gasteiger partial charge in [0.1, 0.15) is 18.5 Å². The molecule has 0 saturated heterocycles. The number of benzene rings is 2. The molecule has 0 spiro atoms.